The third-order valence-corrected chi connectivity index (χ3v) is 6.21. The fourth-order valence-electron chi connectivity index (χ4n) is 3.26. The summed E-state index contributed by atoms with van der Waals surface area (Å²) < 4.78 is 57.2. The fraction of sp³-hybridized carbons (Fsp3) is 0.0870. The van der Waals surface area contributed by atoms with Crippen LogP contribution in [0.3, 0.4) is 0 Å². The molecule has 4 rings (SSSR count). The van der Waals surface area contributed by atoms with Gasteiger partial charge in [-0.2, -0.15) is 13.9 Å². The van der Waals surface area contributed by atoms with Crippen molar-refractivity contribution in [1.29, 1.82) is 0 Å². The van der Waals surface area contributed by atoms with Crippen molar-refractivity contribution in [3.63, 3.8) is 0 Å². The van der Waals surface area contributed by atoms with E-state index in [9.17, 15) is 22.0 Å². The monoisotopic (exact) mass is 548 g/mol. The summed E-state index contributed by atoms with van der Waals surface area (Å²) in [5.74, 6) is -3.97. The maximum atomic E-state index is 13.0. The second kappa shape index (κ2) is 10.8. The number of rotatable bonds is 10. The maximum absolute atomic E-state index is 13.0. The minimum Gasteiger partial charge on any atom is -0.487 e. The van der Waals surface area contributed by atoms with Crippen LogP contribution < -0.4 is 20.5 Å². The highest BCUT2D eigenvalue weighted by Gasteiger charge is 2.26. The van der Waals surface area contributed by atoms with Gasteiger partial charge in [0.15, 0.2) is 0 Å². The lowest BCUT2D eigenvalue weighted by atomic mass is 10.1. The average Bonchev–Trinajstić information content (AvgIpc) is 3.28. The molecule has 4 aromatic rings. The number of halogens is 3. The largest absolute Gasteiger partial charge is 0.487 e. The summed E-state index contributed by atoms with van der Waals surface area (Å²) in [6.07, 6.45) is 1.55. The molecule has 0 atom stereocenters. The Morgan fingerprint density at radius 2 is 1.89 bits per heavy atom. The maximum Gasteiger partial charge on any atom is 0.355 e. The number of anilines is 3. The van der Waals surface area contributed by atoms with E-state index in [4.69, 9.17) is 22.1 Å². The lowest BCUT2D eigenvalue weighted by Gasteiger charge is -2.15. The number of sulfonamides is 1. The number of amides is 1. The molecule has 0 radical (unpaired) electrons. The predicted octanol–water partition coefficient (Wildman–Crippen LogP) is 4.51. The number of aromatic nitrogens is 3. The Kier molecular flexibility index (Phi) is 7.55. The van der Waals surface area contributed by atoms with Gasteiger partial charge < -0.3 is 15.8 Å². The Hall–Kier alpha value is -4.23. The van der Waals surface area contributed by atoms with E-state index in [2.05, 4.69) is 20.5 Å². The molecule has 2 heterocycles. The molecule has 2 aromatic heterocycles. The van der Waals surface area contributed by atoms with Gasteiger partial charge in [-0.3, -0.25) is 14.6 Å². The number of hydrogen-bond donors (Lipinski definition) is 4. The first-order chi connectivity index (χ1) is 17.6. The zero-order valence-electron chi connectivity index (χ0n) is 18.8. The molecule has 10 nitrogen and oxygen atoms in total. The standard InChI is InChI=1S/C23H19ClF2N6O4S/c24-15-7-4-13(5-8-15)12-36-17-11-14(6-9-16(17)32-37(34,35)23(25)26)20-19(21(27)33)22(31-30-20)29-18-3-1-2-10-28-18/h1-11,23,32H,12H2,(H2,27,33)(H2,28,29,30,31). The molecule has 5 N–H and O–H groups in total. The van der Waals surface area contributed by atoms with Crippen molar-refractivity contribution in [3.8, 4) is 17.0 Å². The van der Waals surface area contributed by atoms with Crippen molar-refractivity contribution < 1.29 is 26.7 Å². The molecule has 0 spiro atoms. The first kappa shape index (κ1) is 25.9. The van der Waals surface area contributed by atoms with Crippen LogP contribution in [-0.4, -0.2) is 35.3 Å². The number of nitrogens with zero attached hydrogens (tertiary/aromatic N) is 2. The average molecular weight is 549 g/mol. The van der Waals surface area contributed by atoms with Crippen molar-refractivity contribution in [3.05, 3.63) is 83.0 Å². The number of nitrogens with one attached hydrogen (secondary N) is 3. The van der Waals surface area contributed by atoms with Crippen molar-refractivity contribution in [2.24, 2.45) is 5.73 Å². The van der Waals surface area contributed by atoms with Crippen molar-refractivity contribution >= 4 is 44.9 Å². The highest BCUT2D eigenvalue weighted by Crippen LogP contribution is 2.35. The van der Waals surface area contributed by atoms with Gasteiger partial charge in [0.2, 0.25) is 0 Å². The smallest absolute Gasteiger partial charge is 0.355 e. The summed E-state index contributed by atoms with van der Waals surface area (Å²) in [5, 5.41) is 10.3. The van der Waals surface area contributed by atoms with Gasteiger partial charge in [0, 0.05) is 16.8 Å². The van der Waals surface area contributed by atoms with Gasteiger partial charge in [-0.25, -0.2) is 13.4 Å². The summed E-state index contributed by atoms with van der Waals surface area (Å²) >= 11 is 5.89. The van der Waals surface area contributed by atoms with E-state index < -0.39 is 21.7 Å². The molecule has 0 bridgehead atoms. The summed E-state index contributed by atoms with van der Waals surface area (Å²) in [6, 6.07) is 15.7. The molecular weight excluding hydrogens is 530 g/mol. The number of hydrogen-bond acceptors (Lipinski definition) is 7. The zero-order chi connectivity index (χ0) is 26.6. The zero-order valence-corrected chi connectivity index (χ0v) is 20.4. The van der Waals surface area contributed by atoms with Crippen molar-refractivity contribution in [1.82, 2.24) is 15.2 Å². The third kappa shape index (κ3) is 6.13. The van der Waals surface area contributed by atoms with Gasteiger partial charge in [0.05, 0.1) is 5.69 Å². The number of carbonyl (C=O) groups excluding carboxylic acids is 1. The molecule has 192 valence electrons. The molecule has 2 aromatic carbocycles. The van der Waals surface area contributed by atoms with Gasteiger partial charge in [-0.15, -0.1) is 0 Å². The van der Waals surface area contributed by atoms with Crippen LogP contribution in [0.2, 0.25) is 5.02 Å². The minimum absolute atomic E-state index is 0.00443. The Labute approximate surface area is 214 Å². The van der Waals surface area contributed by atoms with Crippen LogP contribution >= 0.6 is 11.6 Å². The first-order valence-electron chi connectivity index (χ1n) is 10.5. The van der Waals surface area contributed by atoms with Gasteiger partial charge in [0.1, 0.15) is 35.2 Å². The number of alkyl halides is 2. The molecule has 37 heavy (non-hydrogen) atoms. The van der Waals surface area contributed by atoms with Gasteiger partial charge >= 0.3 is 5.76 Å². The van der Waals surface area contributed by atoms with E-state index in [1.165, 1.54) is 18.2 Å². The van der Waals surface area contributed by atoms with Crippen LogP contribution in [0.4, 0.5) is 26.1 Å². The summed E-state index contributed by atoms with van der Waals surface area (Å²) in [6.45, 7) is -0.0419. The van der Waals surface area contributed by atoms with E-state index in [0.29, 0.717) is 22.0 Å². The molecular formula is C23H19ClF2N6O4S. The summed E-state index contributed by atoms with van der Waals surface area (Å²) in [5.41, 5.74) is 6.46. The molecule has 0 unspecified atom stereocenters. The van der Waals surface area contributed by atoms with Crippen molar-refractivity contribution in [2.45, 2.75) is 12.4 Å². The van der Waals surface area contributed by atoms with Crippen LogP contribution in [0, 0.1) is 0 Å². The molecule has 0 fully saturated rings. The number of benzene rings is 2. The van der Waals surface area contributed by atoms with E-state index in [0.717, 1.165) is 0 Å². The summed E-state index contributed by atoms with van der Waals surface area (Å²) in [7, 11) is -4.99. The predicted molar refractivity (Wildman–Crippen MR) is 134 cm³/mol. The SMILES string of the molecule is NC(=O)c1c(-c2ccc(NS(=O)(=O)C(F)F)c(OCc3ccc(Cl)cc3)c2)n[nH]c1Nc1ccccn1. The number of nitrogens with two attached hydrogens (primary N) is 1. The van der Waals surface area contributed by atoms with Crippen LogP contribution in [0.1, 0.15) is 15.9 Å². The van der Waals surface area contributed by atoms with Crippen LogP contribution in [0.15, 0.2) is 66.9 Å². The van der Waals surface area contributed by atoms with Gasteiger partial charge in [0.25, 0.3) is 15.9 Å². The second-order valence-electron chi connectivity index (χ2n) is 7.56. The fourth-order valence-corrected chi connectivity index (χ4v) is 3.95. The normalized spacial score (nSPS) is 11.4. The third-order valence-electron chi connectivity index (χ3n) is 4.98. The number of H-pyrrole nitrogens is 1. The number of aromatic amines is 1. The van der Waals surface area contributed by atoms with Crippen LogP contribution in [0.5, 0.6) is 5.75 Å². The second-order valence-corrected chi connectivity index (χ2v) is 9.65. The topological polar surface area (TPSA) is 152 Å². The summed E-state index contributed by atoms with van der Waals surface area (Å²) in [4.78, 5) is 16.4. The number of ether oxygens (including phenoxy) is 1. The van der Waals surface area contributed by atoms with E-state index in [-0.39, 0.29) is 35.1 Å². The molecule has 1 amide bonds. The van der Waals surface area contributed by atoms with Gasteiger partial charge in [-0.1, -0.05) is 35.9 Å². The molecule has 0 aliphatic rings. The minimum atomic E-state index is -4.99. The lowest BCUT2D eigenvalue weighted by Crippen LogP contribution is -2.21. The van der Waals surface area contributed by atoms with Crippen LogP contribution in [-0.2, 0) is 16.6 Å². The highest BCUT2D eigenvalue weighted by molar-refractivity contribution is 7.93. The van der Waals surface area contributed by atoms with Gasteiger partial charge in [-0.05, 0) is 42.0 Å². The Balaban J connectivity index is 1.72. The van der Waals surface area contributed by atoms with Crippen molar-refractivity contribution in [2.75, 3.05) is 10.0 Å². The lowest BCUT2D eigenvalue weighted by molar-refractivity contribution is 0.100. The van der Waals surface area contributed by atoms with Crippen LogP contribution in [0.25, 0.3) is 11.3 Å². The van der Waals surface area contributed by atoms with E-state index >= 15 is 0 Å². The molecule has 14 heteroatoms. The first-order valence-corrected chi connectivity index (χ1v) is 12.4. The quantitative estimate of drug-likeness (QED) is 0.227. The Morgan fingerprint density at radius 3 is 2.54 bits per heavy atom. The molecule has 0 aliphatic heterocycles. The number of pyridine rings is 1. The number of carbonyl (C=O) groups is 1. The molecule has 0 saturated carbocycles. The molecule has 0 aliphatic carbocycles. The Bertz CT molecular complexity index is 1520. The van der Waals surface area contributed by atoms with E-state index in [1.807, 2.05) is 4.72 Å². The molecule has 0 saturated heterocycles. The number of primary amides is 1. The Morgan fingerprint density at radius 1 is 1.14 bits per heavy atom. The highest BCUT2D eigenvalue weighted by atomic mass is 35.5. The van der Waals surface area contributed by atoms with E-state index in [1.54, 1.807) is 48.7 Å².